The number of nitrogens with one attached hydrogen (secondary N) is 2. The lowest BCUT2D eigenvalue weighted by molar-refractivity contribution is 0.187. The summed E-state index contributed by atoms with van der Waals surface area (Å²) in [6, 6.07) is -0.0254. The van der Waals surface area contributed by atoms with Crippen molar-refractivity contribution in [2.75, 3.05) is 13.1 Å². The van der Waals surface area contributed by atoms with Gasteiger partial charge in [-0.15, -0.1) is 0 Å². The van der Waals surface area contributed by atoms with Gasteiger partial charge in [-0.2, -0.15) is 0 Å². The van der Waals surface area contributed by atoms with Crippen molar-refractivity contribution in [3.8, 4) is 0 Å². The first kappa shape index (κ1) is 8.37. The monoisotopic (exact) mass is 156 g/mol. The Balaban J connectivity index is 2.52. The molecule has 0 radical (unpaired) electrons. The minimum Gasteiger partial charge on any atom is -0.338 e. The molecule has 0 bridgehead atoms. The van der Waals surface area contributed by atoms with Gasteiger partial charge in [0.1, 0.15) is 0 Å². The normalized spacial score (nSPS) is 22.2. The van der Waals surface area contributed by atoms with Crippen LogP contribution in [0, 0.1) is 5.41 Å². The number of carbonyl (C=O) groups excluding carboxylic acids is 1. The van der Waals surface area contributed by atoms with Crippen LogP contribution in [0.3, 0.4) is 0 Å². The minimum absolute atomic E-state index is 0.0254. The molecule has 2 N–H and O–H groups in total. The molecule has 1 fully saturated rings. The fourth-order valence-corrected chi connectivity index (χ4v) is 1.41. The van der Waals surface area contributed by atoms with E-state index in [2.05, 4.69) is 24.5 Å². The van der Waals surface area contributed by atoms with Crippen molar-refractivity contribution in [1.82, 2.24) is 10.6 Å². The maximum atomic E-state index is 10.8. The van der Waals surface area contributed by atoms with Crippen molar-refractivity contribution in [2.24, 2.45) is 5.41 Å². The van der Waals surface area contributed by atoms with Gasteiger partial charge in [0.25, 0.3) is 0 Å². The summed E-state index contributed by atoms with van der Waals surface area (Å²) in [5.41, 5.74) is 0.300. The van der Waals surface area contributed by atoms with Gasteiger partial charge in [0.2, 0.25) is 0 Å². The van der Waals surface area contributed by atoms with Crippen molar-refractivity contribution in [1.29, 1.82) is 0 Å². The van der Waals surface area contributed by atoms with E-state index in [1.54, 1.807) is 0 Å². The fourth-order valence-electron chi connectivity index (χ4n) is 1.41. The van der Waals surface area contributed by atoms with Crippen LogP contribution < -0.4 is 10.6 Å². The van der Waals surface area contributed by atoms with Gasteiger partial charge in [-0.05, 0) is 12.8 Å². The van der Waals surface area contributed by atoms with Crippen LogP contribution in [0.2, 0.25) is 0 Å². The summed E-state index contributed by atoms with van der Waals surface area (Å²) >= 11 is 0. The van der Waals surface area contributed by atoms with Gasteiger partial charge >= 0.3 is 6.03 Å². The van der Waals surface area contributed by atoms with Gasteiger partial charge in [-0.3, -0.25) is 0 Å². The predicted molar refractivity (Wildman–Crippen MR) is 44.4 cm³/mol. The molecule has 3 nitrogen and oxygen atoms in total. The highest BCUT2D eigenvalue weighted by Gasteiger charge is 2.30. The molecule has 0 aromatic heterocycles. The van der Waals surface area contributed by atoms with Gasteiger partial charge in [0, 0.05) is 18.5 Å². The molecule has 0 saturated carbocycles. The van der Waals surface area contributed by atoms with Crippen LogP contribution in [0.4, 0.5) is 4.79 Å². The topological polar surface area (TPSA) is 41.1 Å². The molecule has 64 valence electrons. The Morgan fingerprint density at radius 3 is 2.09 bits per heavy atom. The Morgan fingerprint density at radius 1 is 1.27 bits per heavy atom. The highest BCUT2D eigenvalue weighted by molar-refractivity contribution is 5.74. The quantitative estimate of drug-likeness (QED) is 0.617. The molecule has 1 rings (SSSR count). The third-order valence-electron chi connectivity index (χ3n) is 2.75. The van der Waals surface area contributed by atoms with Crippen LogP contribution >= 0.6 is 0 Å². The van der Waals surface area contributed by atoms with E-state index < -0.39 is 0 Å². The fraction of sp³-hybridized carbons (Fsp3) is 0.875. The van der Waals surface area contributed by atoms with E-state index in [-0.39, 0.29) is 6.03 Å². The van der Waals surface area contributed by atoms with Crippen LogP contribution in [0.25, 0.3) is 0 Å². The summed E-state index contributed by atoms with van der Waals surface area (Å²) in [6.45, 7) is 5.99. The third-order valence-corrected chi connectivity index (χ3v) is 2.75. The summed E-state index contributed by atoms with van der Waals surface area (Å²) < 4.78 is 0. The molecule has 0 aliphatic carbocycles. The smallest absolute Gasteiger partial charge is 0.314 e. The van der Waals surface area contributed by atoms with Crippen LogP contribution in [-0.2, 0) is 0 Å². The lowest BCUT2D eigenvalue weighted by Gasteiger charge is -2.35. The number of rotatable bonds is 2. The summed E-state index contributed by atoms with van der Waals surface area (Å²) in [4.78, 5) is 10.8. The zero-order chi connectivity index (χ0) is 8.32. The summed E-state index contributed by atoms with van der Waals surface area (Å²) in [6.07, 6.45) is 2.24. The molecular formula is C8H16N2O. The van der Waals surface area contributed by atoms with E-state index >= 15 is 0 Å². The van der Waals surface area contributed by atoms with Gasteiger partial charge < -0.3 is 10.6 Å². The molecule has 2 amide bonds. The van der Waals surface area contributed by atoms with Crippen molar-refractivity contribution in [2.45, 2.75) is 26.7 Å². The van der Waals surface area contributed by atoms with Gasteiger partial charge in [-0.1, -0.05) is 13.8 Å². The highest BCUT2D eigenvalue weighted by Crippen LogP contribution is 2.25. The predicted octanol–water partition coefficient (Wildman–Crippen LogP) is 1.11. The Bertz CT molecular complexity index is 140. The SMILES string of the molecule is CCC1(CC)CNC(=O)NC1. The molecule has 11 heavy (non-hydrogen) atoms. The first-order chi connectivity index (χ1) is 5.22. The second kappa shape index (κ2) is 3.11. The second-order valence-corrected chi connectivity index (χ2v) is 3.24. The number of urea groups is 1. The molecule has 0 aromatic rings. The average molecular weight is 156 g/mol. The summed E-state index contributed by atoms with van der Waals surface area (Å²) in [5, 5.41) is 5.65. The summed E-state index contributed by atoms with van der Waals surface area (Å²) in [5.74, 6) is 0. The zero-order valence-electron chi connectivity index (χ0n) is 7.24. The molecule has 1 aliphatic heterocycles. The van der Waals surface area contributed by atoms with E-state index in [4.69, 9.17) is 0 Å². The van der Waals surface area contributed by atoms with Crippen LogP contribution in [-0.4, -0.2) is 19.1 Å². The molecule has 0 atom stereocenters. The van der Waals surface area contributed by atoms with E-state index in [0.717, 1.165) is 25.9 Å². The Labute approximate surface area is 67.5 Å². The molecule has 0 unspecified atom stereocenters. The minimum atomic E-state index is -0.0254. The van der Waals surface area contributed by atoms with E-state index in [1.165, 1.54) is 0 Å². The third kappa shape index (κ3) is 1.64. The van der Waals surface area contributed by atoms with E-state index in [1.807, 2.05) is 0 Å². The first-order valence-electron chi connectivity index (χ1n) is 4.24. The molecule has 0 aromatic carbocycles. The van der Waals surface area contributed by atoms with Crippen LogP contribution in [0.15, 0.2) is 0 Å². The first-order valence-corrected chi connectivity index (χ1v) is 4.24. The maximum Gasteiger partial charge on any atom is 0.314 e. The Kier molecular flexibility index (Phi) is 2.37. The highest BCUT2D eigenvalue weighted by atomic mass is 16.2. The summed E-state index contributed by atoms with van der Waals surface area (Å²) in [7, 11) is 0. The van der Waals surface area contributed by atoms with E-state index in [9.17, 15) is 4.79 Å². The van der Waals surface area contributed by atoms with Crippen LogP contribution in [0.5, 0.6) is 0 Å². The van der Waals surface area contributed by atoms with Crippen molar-refractivity contribution in [3.05, 3.63) is 0 Å². The van der Waals surface area contributed by atoms with Crippen molar-refractivity contribution >= 4 is 6.03 Å². The largest absolute Gasteiger partial charge is 0.338 e. The standard InChI is InChI=1S/C8H16N2O/c1-3-8(4-2)5-9-7(11)10-6-8/h3-6H2,1-2H3,(H2,9,10,11). The molecule has 3 heteroatoms. The van der Waals surface area contributed by atoms with Crippen molar-refractivity contribution in [3.63, 3.8) is 0 Å². The number of hydrogen-bond donors (Lipinski definition) is 2. The zero-order valence-corrected chi connectivity index (χ0v) is 7.24. The van der Waals surface area contributed by atoms with E-state index in [0.29, 0.717) is 5.41 Å². The molecule has 0 spiro atoms. The lowest BCUT2D eigenvalue weighted by atomic mass is 9.81. The number of hydrogen-bond acceptors (Lipinski definition) is 1. The molecule has 1 aliphatic rings. The molecule has 1 saturated heterocycles. The molecular weight excluding hydrogens is 140 g/mol. The van der Waals surface area contributed by atoms with Gasteiger partial charge in [-0.25, -0.2) is 4.79 Å². The van der Waals surface area contributed by atoms with Crippen LogP contribution in [0.1, 0.15) is 26.7 Å². The number of amides is 2. The Hall–Kier alpha value is -0.730. The van der Waals surface area contributed by atoms with Gasteiger partial charge in [0.15, 0.2) is 0 Å². The average Bonchev–Trinajstić information content (AvgIpc) is 2.07. The number of carbonyl (C=O) groups is 1. The molecule has 1 heterocycles. The Morgan fingerprint density at radius 2 is 1.73 bits per heavy atom. The van der Waals surface area contributed by atoms with Crippen molar-refractivity contribution < 1.29 is 4.79 Å². The van der Waals surface area contributed by atoms with Gasteiger partial charge in [0.05, 0.1) is 0 Å². The lowest BCUT2D eigenvalue weighted by Crippen LogP contribution is -2.54. The maximum absolute atomic E-state index is 10.8. The second-order valence-electron chi connectivity index (χ2n) is 3.24.